The van der Waals surface area contributed by atoms with Crippen LogP contribution < -0.4 is 0 Å². The fourth-order valence-electron chi connectivity index (χ4n) is 1.67. The lowest BCUT2D eigenvalue weighted by atomic mass is 10.2. The molecule has 0 aliphatic carbocycles. The predicted octanol–water partition coefficient (Wildman–Crippen LogP) is 3.09. The zero-order valence-corrected chi connectivity index (χ0v) is 11.0. The number of carboxylic acids is 1. The van der Waals surface area contributed by atoms with Crippen molar-refractivity contribution in [2.45, 2.75) is 32.9 Å². The summed E-state index contributed by atoms with van der Waals surface area (Å²) in [5.41, 5.74) is 0. The van der Waals surface area contributed by atoms with Crippen molar-refractivity contribution in [1.82, 2.24) is 4.90 Å². The Morgan fingerprint density at radius 3 is 2.62 bits per heavy atom. The third kappa shape index (κ3) is 3.47. The van der Waals surface area contributed by atoms with E-state index < -0.39 is 12.0 Å². The van der Waals surface area contributed by atoms with Crippen molar-refractivity contribution in [3.8, 4) is 0 Å². The minimum absolute atomic E-state index is 0.411. The molecule has 0 saturated heterocycles. The maximum atomic E-state index is 11.1. The Bertz CT molecular complexity index is 354. The van der Waals surface area contributed by atoms with Crippen LogP contribution in [0, 0.1) is 0 Å². The van der Waals surface area contributed by atoms with Crippen LogP contribution in [-0.2, 0) is 11.3 Å². The van der Waals surface area contributed by atoms with Gasteiger partial charge in [-0.25, -0.2) is 0 Å². The lowest BCUT2D eigenvalue weighted by Gasteiger charge is -2.25. The maximum absolute atomic E-state index is 11.1. The van der Waals surface area contributed by atoms with Gasteiger partial charge >= 0.3 is 5.97 Å². The molecule has 1 aromatic heterocycles. The van der Waals surface area contributed by atoms with Gasteiger partial charge in [-0.15, -0.1) is 11.3 Å². The minimum Gasteiger partial charge on any atom is -0.480 e. The molecular weight excluding hydrogens is 246 g/mol. The number of halogens is 1. The first kappa shape index (κ1) is 13.5. The Morgan fingerprint density at radius 2 is 2.25 bits per heavy atom. The van der Waals surface area contributed by atoms with Gasteiger partial charge in [-0.05, 0) is 25.1 Å². The van der Waals surface area contributed by atoms with Crippen molar-refractivity contribution >= 4 is 28.9 Å². The van der Waals surface area contributed by atoms with Crippen molar-refractivity contribution in [2.24, 2.45) is 0 Å². The highest BCUT2D eigenvalue weighted by Gasteiger charge is 2.22. The molecule has 90 valence electrons. The largest absolute Gasteiger partial charge is 0.480 e. The molecule has 1 aromatic rings. The number of rotatable bonds is 6. The van der Waals surface area contributed by atoms with E-state index in [-0.39, 0.29) is 0 Å². The normalized spacial score (nSPS) is 13.0. The number of hydrogen-bond donors (Lipinski definition) is 1. The van der Waals surface area contributed by atoms with Crippen LogP contribution in [-0.4, -0.2) is 28.6 Å². The number of nitrogens with zero attached hydrogens (tertiary/aromatic N) is 1. The molecule has 0 aliphatic rings. The van der Waals surface area contributed by atoms with Crippen molar-refractivity contribution in [1.29, 1.82) is 0 Å². The van der Waals surface area contributed by atoms with Gasteiger partial charge in [0.05, 0.1) is 4.34 Å². The highest BCUT2D eigenvalue weighted by Crippen LogP contribution is 2.23. The number of carboxylic acid groups (broad SMARTS) is 1. The molecule has 0 spiro atoms. The van der Waals surface area contributed by atoms with Crippen molar-refractivity contribution in [2.75, 3.05) is 6.54 Å². The first-order valence-corrected chi connectivity index (χ1v) is 6.49. The Morgan fingerprint density at radius 1 is 1.56 bits per heavy atom. The summed E-state index contributed by atoms with van der Waals surface area (Å²) >= 11 is 7.35. The molecule has 16 heavy (non-hydrogen) atoms. The third-order valence-corrected chi connectivity index (χ3v) is 3.72. The van der Waals surface area contributed by atoms with Gasteiger partial charge in [0.25, 0.3) is 0 Å². The first-order chi connectivity index (χ1) is 7.58. The van der Waals surface area contributed by atoms with E-state index >= 15 is 0 Å². The monoisotopic (exact) mass is 261 g/mol. The number of hydrogen-bond acceptors (Lipinski definition) is 3. The van der Waals surface area contributed by atoms with Crippen LogP contribution in [0.25, 0.3) is 0 Å². The Balaban J connectivity index is 2.70. The molecule has 3 nitrogen and oxygen atoms in total. The second-order valence-corrected chi connectivity index (χ2v) is 5.33. The minimum atomic E-state index is -0.757. The summed E-state index contributed by atoms with van der Waals surface area (Å²) in [6, 6.07) is 3.38. The molecule has 0 aromatic carbocycles. The van der Waals surface area contributed by atoms with Crippen LogP contribution in [0.15, 0.2) is 12.1 Å². The van der Waals surface area contributed by atoms with Crippen molar-refractivity contribution in [3.05, 3.63) is 21.3 Å². The van der Waals surface area contributed by atoms with E-state index in [1.807, 2.05) is 30.9 Å². The van der Waals surface area contributed by atoms with E-state index in [0.29, 0.717) is 13.0 Å². The smallest absolute Gasteiger partial charge is 0.320 e. The summed E-state index contributed by atoms with van der Waals surface area (Å²) in [6.45, 7) is 5.24. The average molecular weight is 262 g/mol. The summed E-state index contributed by atoms with van der Waals surface area (Å²) in [5.74, 6) is -0.757. The van der Waals surface area contributed by atoms with E-state index in [1.54, 1.807) is 0 Å². The average Bonchev–Trinajstić information content (AvgIpc) is 2.63. The van der Waals surface area contributed by atoms with Gasteiger partial charge in [-0.2, -0.15) is 0 Å². The second kappa shape index (κ2) is 6.23. The van der Waals surface area contributed by atoms with E-state index in [1.165, 1.54) is 11.3 Å². The lowest BCUT2D eigenvalue weighted by molar-refractivity contribution is -0.143. The highest BCUT2D eigenvalue weighted by atomic mass is 35.5. The molecule has 0 radical (unpaired) electrons. The number of aliphatic carboxylic acids is 1. The first-order valence-electron chi connectivity index (χ1n) is 5.29. The van der Waals surface area contributed by atoms with Crippen LogP contribution in [0.1, 0.15) is 25.1 Å². The topological polar surface area (TPSA) is 40.5 Å². The maximum Gasteiger partial charge on any atom is 0.320 e. The molecule has 1 atom stereocenters. The highest BCUT2D eigenvalue weighted by molar-refractivity contribution is 7.16. The van der Waals surface area contributed by atoms with E-state index in [4.69, 9.17) is 16.7 Å². The SMILES string of the molecule is CC[C@H](C(=O)O)N(CC)Cc1ccc(Cl)s1. The fourth-order valence-corrected chi connectivity index (χ4v) is 2.78. The Hall–Kier alpha value is -0.580. The number of likely N-dealkylation sites (N-methyl/N-ethyl adjacent to an activating group) is 1. The lowest BCUT2D eigenvalue weighted by Crippen LogP contribution is -2.39. The van der Waals surface area contributed by atoms with Gasteiger partial charge in [0.1, 0.15) is 6.04 Å². The summed E-state index contributed by atoms with van der Waals surface area (Å²) in [7, 11) is 0. The summed E-state index contributed by atoms with van der Waals surface area (Å²) in [6.07, 6.45) is 0.613. The summed E-state index contributed by atoms with van der Waals surface area (Å²) in [4.78, 5) is 14.1. The van der Waals surface area contributed by atoms with Crippen molar-refractivity contribution in [3.63, 3.8) is 0 Å². The Labute approximate surface area is 105 Å². The molecule has 1 N–H and O–H groups in total. The summed E-state index contributed by atoms with van der Waals surface area (Å²) < 4.78 is 0.745. The molecule has 5 heteroatoms. The standard InChI is InChI=1S/C11H16ClNO2S/c1-3-9(11(14)15)13(4-2)7-8-5-6-10(12)16-8/h5-6,9H,3-4,7H2,1-2H3,(H,14,15)/t9-/m1/s1. The van der Waals surface area contributed by atoms with Gasteiger partial charge in [0, 0.05) is 11.4 Å². The quantitative estimate of drug-likeness (QED) is 0.856. The Kier molecular flexibility index (Phi) is 5.25. The predicted molar refractivity (Wildman–Crippen MR) is 67.1 cm³/mol. The molecule has 0 saturated carbocycles. The zero-order valence-electron chi connectivity index (χ0n) is 9.44. The molecule has 1 heterocycles. The van der Waals surface area contributed by atoms with E-state index in [9.17, 15) is 4.79 Å². The third-order valence-electron chi connectivity index (χ3n) is 2.51. The zero-order chi connectivity index (χ0) is 12.1. The van der Waals surface area contributed by atoms with Gasteiger partial charge < -0.3 is 5.11 Å². The van der Waals surface area contributed by atoms with Crippen LogP contribution in [0.5, 0.6) is 0 Å². The van der Waals surface area contributed by atoms with E-state index in [2.05, 4.69) is 0 Å². The van der Waals surface area contributed by atoms with E-state index in [0.717, 1.165) is 15.8 Å². The fraction of sp³-hybridized carbons (Fsp3) is 0.545. The van der Waals surface area contributed by atoms with Gasteiger partial charge in [0.2, 0.25) is 0 Å². The number of thiophene rings is 1. The van der Waals surface area contributed by atoms with Crippen LogP contribution in [0.3, 0.4) is 0 Å². The molecule has 1 rings (SSSR count). The van der Waals surface area contributed by atoms with Crippen LogP contribution in [0.4, 0.5) is 0 Å². The van der Waals surface area contributed by atoms with Crippen molar-refractivity contribution < 1.29 is 9.90 Å². The molecule has 0 unspecified atom stereocenters. The molecule has 0 bridgehead atoms. The van der Waals surface area contributed by atoms with Crippen LogP contribution >= 0.6 is 22.9 Å². The second-order valence-electron chi connectivity index (χ2n) is 3.53. The van der Waals surface area contributed by atoms with Gasteiger partial charge in [-0.3, -0.25) is 9.69 Å². The van der Waals surface area contributed by atoms with Crippen LogP contribution in [0.2, 0.25) is 4.34 Å². The number of carbonyl (C=O) groups is 1. The molecule has 0 aliphatic heterocycles. The van der Waals surface area contributed by atoms with Gasteiger partial charge in [0.15, 0.2) is 0 Å². The molecule has 0 amide bonds. The summed E-state index contributed by atoms with van der Waals surface area (Å²) in [5, 5.41) is 9.09. The molecule has 0 fully saturated rings. The van der Waals surface area contributed by atoms with Gasteiger partial charge in [-0.1, -0.05) is 25.4 Å². The molecular formula is C11H16ClNO2S.